The van der Waals surface area contributed by atoms with Crippen LogP contribution in [0.5, 0.6) is 0 Å². The van der Waals surface area contributed by atoms with E-state index in [0.717, 1.165) is 0 Å². The fraction of sp³-hybridized carbons (Fsp3) is 0.133. The lowest BCUT2D eigenvalue weighted by Gasteiger charge is -2.23. The average Bonchev–Trinajstić information content (AvgIpc) is 2.79. The van der Waals surface area contributed by atoms with Crippen molar-refractivity contribution in [1.82, 2.24) is 20.4 Å². The number of aryl methyl sites for hydroxylation is 1. The molecule has 0 radical (unpaired) electrons. The van der Waals surface area contributed by atoms with Crippen molar-refractivity contribution in [2.45, 2.75) is 13.2 Å². The molecule has 0 aliphatic carbocycles. The molecule has 7 nitrogen and oxygen atoms in total. The van der Waals surface area contributed by atoms with Gasteiger partial charge in [0.05, 0.1) is 16.8 Å². The third-order valence-electron chi connectivity index (χ3n) is 3.55. The quantitative estimate of drug-likeness (QED) is 0.467. The van der Waals surface area contributed by atoms with Crippen LogP contribution < -0.4 is 16.2 Å². The summed E-state index contributed by atoms with van der Waals surface area (Å²) in [4.78, 5) is 24.6. The monoisotopic (exact) mass is 364 g/mol. The van der Waals surface area contributed by atoms with Crippen LogP contribution in [0.3, 0.4) is 0 Å². The number of nitrogens with one attached hydrogen (secondary N) is 3. The lowest BCUT2D eigenvalue weighted by molar-refractivity contribution is -0.117. The number of hydrogen-bond acceptors (Lipinski definition) is 4. The normalized spacial score (nSPS) is 19.3. The number of hydrogen-bond donors (Lipinski definition) is 4. The van der Waals surface area contributed by atoms with Crippen molar-refractivity contribution in [2.24, 2.45) is 0 Å². The minimum absolute atomic E-state index is 0.00561. The standard InChI is InChI=1S/C15H13ClN4O3S/c1-7-10(6-11-12(21)17-15(24)18-13(11)22)14(23)20(19-7)9-4-2-8(16)3-5-9/h2-6,12,19,21H,1H3,(H2,17,18,22,24)/b11-6-/t12-/m1/s1. The molecule has 2 aromatic rings. The van der Waals surface area contributed by atoms with Gasteiger partial charge in [-0.1, -0.05) is 11.6 Å². The van der Waals surface area contributed by atoms with Gasteiger partial charge >= 0.3 is 0 Å². The summed E-state index contributed by atoms with van der Waals surface area (Å²) < 4.78 is 1.34. The van der Waals surface area contributed by atoms with Gasteiger partial charge in [-0.05, 0) is 49.5 Å². The first-order valence-corrected chi connectivity index (χ1v) is 7.74. The summed E-state index contributed by atoms with van der Waals surface area (Å²) in [6, 6.07) is 6.72. The Bertz CT molecular complexity index is 914. The number of benzene rings is 1. The molecule has 1 atom stereocenters. The molecule has 2 heterocycles. The van der Waals surface area contributed by atoms with E-state index < -0.39 is 12.1 Å². The van der Waals surface area contributed by atoms with Gasteiger partial charge in [0.15, 0.2) is 11.3 Å². The van der Waals surface area contributed by atoms with Crippen LogP contribution in [0.1, 0.15) is 11.3 Å². The van der Waals surface area contributed by atoms with Crippen LogP contribution in [0, 0.1) is 6.92 Å². The van der Waals surface area contributed by atoms with E-state index in [2.05, 4.69) is 15.7 Å². The van der Waals surface area contributed by atoms with Crippen molar-refractivity contribution < 1.29 is 9.90 Å². The van der Waals surface area contributed by atoms with Crippen molar-refractivity contribution >= 4 is 40.9 Å². The van der Waals surface area contributed by atoms with Crippen LogP contribution in [0.2, 0.25) is 5.02 Å². The summed E-state index contributed by atoms with van der Waals surface area (Å²) in [7, 11) is 0. The number of amides is 1. The number of rotatable bonds is 2. The first-order valence-electron chi connectivity index (χ1n) is 6.96. The highest BCUT2D eigenvalue weighted by atomic mass is 35.5. The molecule has 1 saturated heterocycles. The number of carbonyl (C=O) groups is 1. The minimum atomic E-state index is -1.27. The molecule has 1 fully saturated rings. The number of nitrogens with zero attached hydrogens (tertiary/aromatic N) is 1. The number of H-pyrrole nitrogens is 1. The largest absolute Gasteiger partial charge is 0.369 e. The van der Waals surface area contributed by atoms with Crippen molar-refractivity contribution in [1.29, 1.82) is 0 Å². The zero-order valence-corrected chi connectivity index (χ0v) is 14.0. The molecule has 3 rings (SSSR count). The summed E-state index contributed by atoms with van der Waals surface area (Å²) in [5.74, 6) is -0.552. The smallest absolute Gasteiger partial charge is 0.278 e. The number of aromatic nitrogens is 2. The van der Waals surface area contributed by atoms with Crippen LogP contribution >= 0.6 is 23.8 Å². The van der Waals surface area contributed by atoms with Gasteiger partial charge in [-0.25, -0.2) is 4.68 Å². The van der Waals surface area contributed by atoms with Gasteiger partial charge in [-0.3, -0.25) is 20.0 Å². The lowest BCUT2D eigenvalue weighted by atomic mass is 10.1. The van der Waals surface area contributed by atoms with Gasteiger partial charge in [0.25, 0.3) is 11.5 Å². The molecule has 0 bridgehead atoms. The summed E-state index contributed by atoms with van der Waals surface area (Å²) >= 11 is 10.6. The Hall–Kier alpha value is -2.42. The molecule has 1 aromatic heterocycles. The molecular formula is C15H13ClN4O3S. The molecule has 124 valence electrons. The van der Waals surface area contributed by atoms with Crippen LogP contribution in [-0.2, 0) is 4.79 Å². The highest BCUT2D eigenvalue weighted by Gasteiger charge is 2.27. The van der Waals surface area contributed by atoms with E-state index in [1.165, 1.54) is 10.8 Å². The number of halogens is 1. The second-order valence-electron chi connectivity index (χ2n) is 5.20. The molecule has 1 aromatic carbocycles. The van der Waals surface area contributed by atoms with E-state index in [-0.39, 0.29) is 21.8 Å². The van der Waals surface area contributed by atoms with Crippen LogP contribution in [0.4, 0.5) is 0 Å². The Labute approximate surface area is 146 Å². The van der Waals surface area contributed by atoms with E-state index in [1.54, 1.807) is 31.2 Å². The van der Waals surface area contributed by atoms with E-state index in [4.69, 9.17) is 23.8 Å². The van der Waals surface area contributed by atoms with Gasteiger partial charge in [0.1, 0.15) is 0 Å². The zero-order chi connectivity index (χ0) is 17.4. The number of carbonyl (C=O) groups excluding carboxylic acids is 1. The SMILES string of the molecule is Cc1[nH]n(-c2ccc(Cl)cc2)c(=O)c1/C=C1\C(=O)NC(=S)N[C@@H]1O. The molecule has 0 saturated carbocycles. The molecule has 1 aliphatic rings. The number of aliphatic hydroxyl groups excluding tert-OH is 1. The van der Waals surface area contributed by atoms with Crippen LogP contribution in [0.15, 0.2) is 34.6 Å². The first-order chi connectivity index (χ1) is 11.4. The second-order valence-corrected chi connectivity index (χ2v) is 6.04. The summed E-state index contributed by atoms with van der Waals surface area (Å²) in [6.07, 6.45) is 0.0685. The topological polar surface area (TPSA) is 99.2 Å². The second kappa shape index (κ2) is 6.23. The van der Waals surface area contributed by atoms with Crippen LogP contribution in [-0.4, -0.2) is 32.1 Å². The fourth-order valence-electron chi connectivity index (χ4n) is 2.34. The predicted molar refractivity (Wildman–Crippen MR) is 94.0 cm³/mol. The highest BCUT2D eigenvalue weighted by Crippen LogP contribution is 2.15. The Morgan fingerprint density at radius 1 is 1.29 bits per heavy atom. The van der Waals surface area contributed by atoms with Gasteiger partial charge in [-0.2, -0.15) is 0 Å². The molecule has 0 unspecified atom stereocenters. The fourth-order valence-corrected chi connectivity index (χ4v) is 2.67. The Kier molecular flexibility index (Phi) is 4.27. The molecule has 4 N–H and O–H groups in total. The summed E-state index contributed by atoms with van der Waals surface area (Å²) in [5, 5.41) is 18.4. The predicted octanol–water partition coefficient (Wildman–Crippen LogP) is 0.834. The lowest BCUT2D eigenvalue weighted by Crippen LogP contribution is -2.53. The summed E-state index contributed by atoms with van der Waals surface area (Å²) in [5.41, 5.74) is 1.07. The molecular weight excluding hydrogens is 352 g/mol. The Balaban J connectivity index is 2.05. The van der Waals surface area contributed by atoms with Gasteiger partial charge in [0.2, 0.25) is 0 Å². The Morgan fingerprint density at radius 3 is 2.58 bits per heavy atom. The maximum absolute atomic E-state index is 12.6. The van der Waals surface area contributed by atoms with E-state index in [9.17, 15) is 14.7 Å². The van der Waals surface area contributed by atoms with Crippen molar-refractivity contribution in [3.8, 4) is 5.69 Å². The van der Waals surface area contributed by atoms with Crippen molar-refractivity contribution in [3.05, 3.63) is 56.5 Å². The highest BCUT2D eigenvalue weighted by molar-refractivity contribution is 7.80. The van der Waals surface area contributed by atoms with Gasteiger partial charge < -0.3 is 10.4 Å². The molecule has 9 heteroatoms. The minimum Gasteiger partial charge on any atom is -0.369 e. The molecule has 1 amide bonds. The van der Waals surface area contributed by atoms with Gasteiger partial charge in [-0.15, -0.1) is 0 Å². The van der Waals surface area contributed by atoms with E-state index >= 15 is 0 Å². The molecule has 1 aliphatic heterocycles. The average molecular weight is 365 g/mol. The van der Waals surface area contributed by atoms with Crippen molar-refractivity contribution in [3.63, 3.8) is 0 Å². The number of aliphatic hydroxyl groups is 1. The van der Waals surface area contributed by atoms with E-state index in [1.807, 2.05) is 0 Å². The third kappa shape index (κ3) is 2.99. The third-order valence-corrected chi connectivity index (χ3v) is 4.03. The number of thiocarbonyl (C=S) groups is 1. The van der Waals surface area contributed by atoms with Gasteiger partial charge in [0, 0.05) is 10.7 Å². The Morgan fingerprint density at radius 2 is 1.96 bits per heavy atom. The van der Waals surface area contributed by atoms with Crippen molar-refractivity contribution in [2.75, 3.05) is 0 Å². The maximum Gasteiger partial charge on any atom is 0.278 e. The van der Waals surface area contributed by atoms with Crippen LogP contribution in [0.25, 0.3) is 11.8 Å². The van der Waals surface area contributed by atoms with E-state index in [0.29, 0.717) is 16.4 Å². The zero-order valence-electron chi connectivity index (χ0n) is 12.5. The number of aromatic amines is 1. The summed E-state index contributed by atoms with van der Waals surface area (Å²) in [6.45, 7) is 1.70. The molecule has 0 spiro atoms. The molecule has 24 heavy (non-hydrogen) atoms. The first kappa shape index (κ1) is 16.4. The maximum atomic E-state index is 12.6.